The average molecular weight is 214 g/mol. The van der Waals surface area contributed by atoms with Crippen molar-refractivity contribution in [3.63, 3.8) is 0 Å². The van der Waals surface area contributed by atoms with E-state index in [1.165, 1.54) is 4.80 Å². The van der Waals surface area contributed by atoms with Crippen LogP contribution in [0.5, 0.6) is 0 Å². The molecule has 1 aromatic carbocycles. The van der Waals surface area contributed by atoms with E-state index < -0.39 is 0 Å². The predicted octanol–water partition coefficient (Wildman–Crippen LogP) is 0.764. The molecular formula is C10H10N6. The van der Waals surface area contributed by atoms with E-state index in [0.717, 1.165) is 16.6 Å². The molecule has 0 atom stereocenters. The third-order valence-electron chi connectivity index (χ3n) is 2.50. The highest BCUT2D eigenvalue weighted by Crippen LogP contribution is 2.23. The van der Waals surface area contributed by atoms with E-state index >= 15 is 0 Å². The average Bonchev–Trinajstić information content (AvgIpc) is 2.86. The van der Waals surface area contributed by atoms with Gasteiger partial charge in [0.25, 0.3) is 0 Å². The Balaban J connectivity index is 2.31. The lowest BCUT2D eigenvalue weighted by Crippen LogP contribution is -1.92. The molecule has 0 amide bonds. The Labute approximate surface area is 91.5 Å². The van der Waals surface area contributed by atoms with Crippen molar-refractivity contribution >= 4 is 11.0 Å². The summed E-state index contributed by atoms with van der Waals surface area (Å²) in [7, 11) is 3.71. The van der Waals surface area contributed by atoms with Crippen LogP contribution in [0.15, 0.2) is 24.5 Å². The molecule has 16 heavy (non-hydrogen) atoms. The second-order valence-corrected chi connectivity index (χ2v) is 3.63. The molecule has 0 bridgehead atoms. The van der Waals surface area contributed by atoms with Crippen molar-refractivity contribution in [3.05, 3.63) is 24.5 Å². The van der Waals surface area contributed by atoms with Gasteiger partial charge in [-0.25, -0.2) is 4.98 Å². The summed E-state index contributed by atoms with van der Waals surface area (Å²) in [6.45, 7) is 0. The van der Waals surface area contributed by atoms with Crippen molar-refractivity contribution in [2.24, 2.45) is 14.1 Å². The van der Waals surface area contributed by atoms with E-state index in [0.29, 0.717) is 5.82 Å². The normalized spacial score (nSPS) is 11.1. The van der Waals surface area contributed by atoms with Crippen LogP contribution in [-0.2, 0) is 14.1 Å². The summed E-state index contributed by atoms with van der Waals surface area (Å²) >= 11 is 0. The van der Waals surface area contributed by atoms with Gasteiger partial charge in [-0.2, -0.15) is 4.80 Å². The van der Waals surface area contributed by atoms with Gasteiger partial charge in [-0.05, 0) is 17.3 Å². The van der Waals surface area contributed by atoms with Gasteiger partial charge in [0.15, 0.2) is 0 Å². The number of imidazole rings is 1. The second kappa shape index (κ2) is 3.13. The molecule has 6 heteroatoms. The minimum atomic E-state index is 0.604. The topological polar surface area (TPSA) is 61.4 Å². The van der Waals surface area contributed by atoms with E-state index in [9.17, 15) is 0 Å². The van der Waals surface area contributed by atoms with E-state index in [-0.39, 0.29) is 0 Å². The van der Waals surface area contributed by atoms with Crippen molar-refractivity contribution in [2.75, 3.05) is 0 Å². The monoisotopic (exact) mass is 214 g/mol. The Morgan fingerprint density at radius 1 is 1.19 bits per heavy atom. The molecule has 0 saturated carbocycles. The molecule has 6 nitrogen and oxygen atoms in total. The Hall–Kier alpha value is -2.24. The maximum absolute atomic E-state index is 4.35. The molecule has 2 aromatic heterocycles. The molecule has 80 valence electrons. The summed E-state index contributed by atoms with van der Waals surface area (Å²) in [6, 6.07) is 5.93. The summed E-state index contributed by atoms with van der Waals surface area (Å²) in [5.74, 6) is 0.604. The number of tetrazole rings is 1. The van der Waals surface area contributed by atoms with Gasteiger partial charge in [0, 0.05) is 7.05 Å². The number of fused-ring (bicyclic) bond motifs is 1. The van der Waals surface area contributed by atoms with Gasteiger partial charge in [-0.3, -0.25) is 0 Å². The van der Waals surface area contributed by atoms with Crippen LogP contribution in [0.25, 0.3) is 22.4 Å². The Kier molecular flexibility index (Phi) is 1.76. The minimum Gasteiger partial charge on any atom is -0.334 e. The van der Waals surface area contributed by atoms with Crippen molar-refractivity contribution < 1.29 is 0 Å². The molecule has 3 rings (SSSR count). The summed E-state index contributed by atoms with van der Waals surface area (Å²) in [6.07, 6.45) is 1.78. The molecule has 0 unspecified atom stereocenters. The summed E-state index contributed by atoms with van der Waals surface area (Å²) in [5, 5.41) is 12.0. The lowest BCUT2D eigenvalue weighted by molar-refractivity contribution is 0.630. The highest BCUT2D eigenvalue weighted by molar-refractivity contribution is 5.89. The zero-order valence-corrected chi connectivity index (χ0v) is 8.99. The first-order chi connectivity index (χ1) is 7.75. The summed E-state index contributed by atoms with van der Waals surface area (Å²) in [4.78, 5) is 5.79. The number of para-hydroxylation sites is 1. The van der Waals surface area contributed by atoms with Crippen LogP contribution in [0, 0.1) is 0 Å². The smallest absolute Gasteiger partial charge is 0.207 e. The summed E-state index contributed by atoms with van der Waals surface area (Å²) in [5.41, 5.74) is 2.87. The van der Waals surface area contributed by atoms with Crippen molar-refractivity contribution in [1.82, 2.24) is 29.8 Å². The van der Waals surface area contributed by atoms with Crippen LogP contribution in [0.4, 0.5) is 0 Å². The van der Waals surface area contributed by atoms with Gasteiger partial charge in [-0.15, -0.1) is 10.2 Å². The van der Waals surface area contributed by atoms with E-state index in [1.807, 2.05) is 29.8 Å². The zero-order chi connectivity index (χ0) is 11.1. The molecule has 0 aliphatic carbocycles. The molecule has 0 N–H and O–H groups in total. The number of nitrogens with zero attached hydrogens (tertiary/aromatic N) is 6. The number of hydrogen-bond acceptors (Lipinski definition) is 4. The SMILES string of the molecule is Cn1nnc(-c2cccc3c2ncn3C)n1. The van der Waals surface area contributed by atoms with Crippen molar-refractivity contribution in [3.8, 4) is 11.4 Å². The minimum absolute atomic E-state index is 0.604. The van der Waals surface area contributed by atoms with Crippen molar-refractivity contribution in [2.45, 2.75) is 0 Å². The van der Waals surface area contributed by atoms with Crippen LogP contribution < -0.4 is 0 Å². The van der Waals surface area contributed by atoms with Gasteiger partial charge in [0.2, 0.25) is 5.82 Å². The molecule has 0 saturated heterocycles. The van der Waals surface area contributed by atoms with Crippen LogP contribution in [0.2, 0.25) is 0 Å². The standard InChI is InChI=1S/C10H10N6/c1-15-6-11-9-7(4-3-5-8(9)15)10-12-14-16(2)13-10/h3-6H,1-2H3. The van der Waals surface area contributed by atoms with Gasteiger partial charge in [0.1, 0.15) is 0 Å². The van der Waals surface area contributed by atoms with Gasteiger partial charge in [-0.1, -0.05) is 6.07 Å². The Morgan fingerprint density at radius 3 is 2.81 bits per heavy atom. The Bertz CT molecular complexity index is 650. The third-order valence-corrected chi connectivity index (χ3v) is 2.50. The molecular weight excluding hydrogens is 204 g/mol. The van der Waals surface area contributed by atoms with Crippen LogP contribution in [-0.4, -0.2) is 29.8 Å². The van der Waals surface area contributed by atoms with Crippen molar-refractivity contribution in [1.29, 1.82) is 0 Å². The van der Waals surface area contributed by atoms with E-state index in [2.05, 4.69) is 20.4 Å². The Morgan fingerprint density at radius 2 is 2.06 bits per heavy atom. The fourth-order valence-corrected chi connectivity index (χ4v) is 1.73. The molecule has 0 aliphatic rings. The first kappa shape index (κ1) is 9.02. The van der Waals surface area contributed by atoms with Crippen LogP contribution in [0.1, 0.15) is 0 Å². The first-order valence-corrected chi connectivity index (χ1v) is 4.90. The number of rotatable bonds is 1. The number of hydrogen-bond donors (Lipinski definition) is 0. The van der Waals surface area contributed by atoms with Gasteiger partial charge in [0.05, 0.1) is 30.0 Å². The van der Waals surface area contributed by atoms with E-state index in [4.69, 9.17) is 0 Å². The highest BCUT2D eigenvalue weighted by atomic mass is 15.6. The lowest BCUT2D eigenvalue weighted by Gasteiger charge is -1.97. The van der Waals surface area contributed by atoms with Crippen LogP contribution >= 0.6 is 0 Å². The third kappa shape index (κ3) is 1.19. The van der Waals surface area contributed by atoms with E-state index in [1.54, 1.807) is 13.4 Å². The number of aryl methyl sites for hydroxylation is 2. The zero-order valence-electron chi connectivity index (χ0n) is 8.99. The molecule has 3 aromatic rings. The maximum Gasteiger partial charge on any atom is 0.207 e. The second-order valence-electron chi connectivity index (χ2n) is 3.63. The quantitative estimate of drug-likeness (QED) is 0.600. The number of aromatic nitrogens is 6. The van der Waals surface area contributed by atoms with Gasteiger partial charge >= 0.3 is 0 Å². The lowest BCUT2D eigenvalue weighted by atomic mass is 10.2. The molecule has 2 heterocycles. The molecule has 0 aliphatic heterocycles. The largest absolute Gasteiger partial charge is 0.334 e. The fraction of sp³-hybridized carbons (Fsp3) is 0.200. The molecule has 0 fully saturated rings. The summed E-state index contributed by atoms with van der Waals surface area (Å²) < 4.78 is 1.97. The highest BCUT2D eigenvalue weighted by Gasteiger charge is 2.11. The van der Waals surface area contributed by atoms with Crippen LogP contribution in [0.3, 0.4) is 0 Å². The number of benzene rings is 1. The molecule has 0 radical (unpaired) electrons. The predicted molar refractivity (Wildman–Crippen MR) is 58.5 cm³/mol. The maximum atomic E-state index is 4.35. The first-order valence-electron chi connectivity index (χ1n) is 4.90. The van der Waals surface area contributed by atoms with Gasteiger partial charge < -0.3 is 4.57 Å². The molecule has 0 spiro atoms. The fourth-order valence-electron chi connectivity index (χ4n) is 1.73.